The maximum absolute atomic E-state index is 11.8. The van der Waals surface area contributed by atoms with Crippen molar-refractivity contribution in [2.75, 3.05) is 19.8 Å². The van der Waals surface area contributed by atoms with Crippen LogP contribution in [0.1, 0.15) is 13.3 Å². The number of hydrogen-bond donors (Lipinski definition) is 1. The SMILES string of the molecule is CC(=O)S[C@@H]1CO[C@@H](COP(=O)(O)OCC[n+]2ccccc2)C1. The minimum absolute atomic E-state index is 0.0266. The Morgan fingerprint density at radius 2 is 2.13 bits per heavy atom. The molecule has 1 aliphatic rings. The van der Waals surface area contributed by atoms with Crippen LogP contribution < -0.4 is 4.57 Å². The summed E-state index contributed by atoms with van der Waals surface area (Å²) in [6.45, 7) is 2.44. The first kappa shape index (κ1) is 18.6. The van der Waals surface area contributed by atoms with Gasteiger partial charge < -0.3 is 9.63 Å². The van der Waals surface area contributed by atoms with Crippen molar-refractivity contribution in [1.29, 1.82) is 0 Å². The highest BCUT2D eigenvalue weighted by Gasteiger charge is 2.30. The highest BCUT2D eigenvalue weighted by atomic mass is 32.2. The lowest BCUT2D eigenvalue weighted by Crippen LogP contribution is -2.34. The average molecular weight is 362 g/mol. The van der Waals surface area contributed by atoms with Gasteiger partial charge in [-0.25, -0.2) is 9.13 Å². The number of phosphoric ester groups is 1. The Balaban J connectivity index is 1.66. The van der Waals surface area contributed by atoms with Crippen molar-refractivity contribution < 1.29 is 32.6 Å². The molecule has 128 valence electrons. The number of aromatic nitrogens is 1. The van der Waals surface area contributed by atoms with E-state index in [2.05, 4.69) is 0 Å². The number of hydrogen-bond acceptors (Lipinski definition) is 6. The van der Waals surface area contributed by atoms with Gasteiger partial charge in [-0.1, -0.05) is 17.8 Å². The average Bonchev–Trinajstić information content (AvgIpc) is 2.93. The smallest absolute Gasteiger partial charge is 0.375 e. The summed E-state index contributed by atoms with van der Waals surface area (Å²) in [6, 6.07) is 5.61. The number of pyridine rings is 1. The lowest BCUT2D eigenvalue weighted by atomic mass is 10.2. The summed E-state index contributed by atoms with van der Waals surface area (Å²) in [5.41, 5.74) is 0. The van der Waals surface area contributed by atoms with Crippen LogP contribution in [0.3, 0.4) is 0 Å². The molecule has 1 saturated heterocycles. The van der Waals surface area contributed by atoms with Crippen LogP contribution in [-0.2, 0) is 29.7 Å². The van der Waals surface area contributed by atoms with Crippen LogP contribution in [0.5, 0.6) is 0 Å². The lowest BCUT2D eigenvalue weighted by Gasteiger charge is -2.14. The van der Waals surface area contributed by atoms with E-state index in [0.717, 1.165) is 0 Å². The predicted octanol–water partition coefficient (Wildman–Crippen LogP) is 1.54. The third kappa shape index (κ3) is 7.12. The minimum Gasteiger partial charge on any atom is -0.375 e. The molecule has 0 aromatic carbocycles. The maximum atomic E-state index is 11.8. The van der Waals surface area contributed by atoms with Crippen LogP contribution >= 0.6 is 19.6 Å². The molecule has 0 saturated carbocycles. The molecule has 2 rings (SSSR count). The van der Waals surface area contributed by atoms with Gasteiger partial charge in [0.25, 0.3) is 0 Å². The number of phosphoric acid groups is 1. The Morgan fingerprint density at radius 3 is 2.83 bits per heavy atom. The number of rotatable bonds is 8. The lowest BCUT2D eigenvalue weighted by molar-refractivity contribution is -0.697. The van der Waals surface area contributed by atoms with E-state index < -0.39 is 7.82 Å². The number of thioether (sulfide) groups is 1. The summed E-state index contributed by atoms with van der Waals surface area (Å²) < 4.78 is 29.0. The molecule has 0 aliphatic carbocycles. The first-order valence-electron chi connectivity index (χ1n) is 7.29. The van der Waals surface area contributed by atoms with E-state index in [1.165, 1.54) is 18.7 Å². The van der Waals surface area contributed by atoms with Gasteiger partial charge in [0, 0.05) is 24.3 Å². The molecule has 0 radical (unpaired) electrons. The predicted molar refractivity (Wildman–Crippen MR) is 84.8 cm³/mol. The summed E-state index contributed by atoms with van der Waals surface area (Å²) in [5, 5.41) is 0.115. The molecule has 1 unspecified atom stereocenters. The topological polar surface area (TPSA) is 85.9 Å². The van der Waals surface area contributed by atoms with E-state index in [0.29, 0.717) is 19.6 Å². The van der Waals surface area contributed by atoms with E-state index in [1.54, 1.807) is 0 Å². The van der Waals surface area contributed by atoms with E-state index in [9.17, 15) is 14.3 Å². The molecule has 1 N–H and O–H groups in total. The largest absolute Gasteiger partial charge is 0.472 e. The van der Waals surface area contributed by atoms with Gasteiger partial charge in [-0.3, -0.25) is 13.8 Å². The molecule has 0 bridgehead atoms. The summed E-state index contributed by atoms with van der Waals surface area (Å²) >= 11 is 1.23. The highest BCUT2D eigenvalue weighted by Crippen LogP contribution is 2.43. The zero-order valence-electron chi connectivity index (χ0n) is 12.9. The van der Waals surface area contributed by atoms with E-state index >= 15 is 0 Å². The van der Waals surface area contributed by atoms with Gasteiger partial charge in [0.1, 0.15) is 6.61 Å². The van der Waals surface area contributed by atoms with Gasteiger partial charge in [-0.15, -0.1) is 0 Å². The van der Waals surface area contributed by atoms with Crippen molar-refractivity contribution in [3.63, 3.8) is 0 Å². The Labute approximate surface area is 139 Å². The first-order chi connectivity index (χ1) is 10.9. The molecular formula is C14H21NO6PS+. The Morgan fingerprint density at radius 1 is 1.39 bits per heavy atom. The van der Waals surface area contributed by atoms with Crippen molar-refractivity contribution in [3.8, 4) is 0 Å². The monoisotopic (exact) mass is 362 g/mol. The minimum atomic E-state index is -4.10. The second-order valence-electron chi connectivity index (χ2n) is 5.13. The van der Waals surface area contributed by atoms with Crippen LogP contribution in [0.2, 0.25) is 0 Å². The van der Waals surface area contributed by atoms with Gasteiger partial charge in [-0.05, 0) is 6.42 Å². The number of carbonyl (C=O) groups excluding carboxylic acids is 1. The first-order valence-corrected chi connectivity index (χ1v) is 9.67. The third-order valence-corrected chi connectivity index (χ3v) is 5.16. The van der Waals surface area contributed by atoms with E-state index in [4.69, 9.17) is 13.8 Å². The molecule has 2 heterocycles. The molecule has 7 nitrogen and oxygen atoms in total. The highest BCUT2D eigenvalue weighted by molar-refractivity contribution is 8.14. The Hall–Kier alpha value is -0.760. The molecule has 0 spiro atoms. The van der Waals surface area contributed by atoms with E-state index in [-0.39, 0.29) is 29.7 Å². The van der Waals surface area contributed by atoms with Crippen LogP contribution in [0.25, 0.3) is 0 Å². The Kier molecular flexibility index (Phi) is 7.20. The van der Waals surface area contributed by atoms with Crippen LogP contribution in [0.15, 0.2) is 30.6 Å². The zero-order chi connectivity index (χ0) is 16.7. The van der Waals surface area contributed by atoms with E-state index in [1.807, 2.05) is 35.2 Å². The molecule has 1 aliphatic heterocycles. The van der Waals surface area contributed by atoms with Gasteiger partial charge >= 0.3 is 7.82 Å². The Bertz CT molecular complexity index is 557. The second kappa shape index (κ2) is 8.92. The fourth-order valence-electron chi connectivity index (χ4n) is 2.17. The molecule has 0 amide bonds. The fourth-order valence-corrected chi connectivity index (χ4v) is 3.83. The summed E-state index contributed by atoms with van der Waals surface area (Å²) in [7, 11) is -4.10. The van der Waals surface area contributed by atoms with Crippen molar-refractivity contribution in [2.45, 2.75) is 31.2 Å². The molecule has 1 aromatic rings. The second-order valence-corrected chi connectivity index (χ2v) is 8.06. The number of nitrogens with zero attached hydrogens (tertiary/aromatic N) is 1. The molecule has 1 fully saturated rings. The quantitative estimate of drug-likeness (QED) is 0.555. The van der Waals surface area contributed by atoms with Gasteiger partial charge in [0.05, 0.1) is 19.3 Å². The summed E-state index contributed by atoms with van der Waals surface area (Å²) in [4.78, 5) is 20.7. The van der Waals surface area contributed by atoms with Crippen molar-refractivity contribution in [2.24, 2.45) is 0 Å². The van der Waals surface area contributed by atoms with Crippen molar-refractivity contribution in [3.05, 3.63) is 30.6 Å². The van der Waals surface area contributed by atoms with Gasteiger partial charge in [0.15, 0.2) is 24.1 Å². The van der Waals surface area contributed by atoms with Gasteiger partial charge in [-0.2, -0.15) is 0 Å². The number of carbonyl (C=O) groups is 1. The fraction of sp³-hybridized carbons (Fsp3) is 0.571. The summed E-state index contributed by atoms with van der Waals surface area (Å²) in [6.07, 6.45) is 4.00. The van der Waals surface area contributed by atoms with Gasteiger partial charge in [0.2, 0.25) is 0 Å². The molecule has 9 heteroatoms. The van der Waals surface area contributed by atoms with Crippen LogP contribution in [-0.4, -0.2) is 41.2 Å². The molecule has 3 atom stereocenters. The third-order valence-electron chi connectivity index (χ3n) is 3.18. The standard InChI is InChI=1S/C14H20NO6PS/c1-12(16)23-14-9-13(19-11-14)10-21-22(17,18)20-8-7-15-5-3-2-4-6-15/h2-6,13-14H,7-11H2,1H3/p+1/t13-,14+/m1/s1. The van der Waals surface area contributed by atoms with Crippen molar-refractivity contribution >= 4 is 24.7 Å². The van der Waals surface area contributed by atoms with Crippen molar-refractivity contribution in [1.82, 2.24) is 0 Å². The number of ether oxygens (including phenoxy) is 1. The molecular weight excluding hydrogens is 341 g/mol. The zero-order valence-corrected chi connectivity index (χ0v) is 14.6. The van der Waals surface area contributed by atoms with Crippen LogP contribution in [0, 0.1) is 0 Å². The summed E-state index contributed by atoms with van der Waals surface area (Å²) in [5.74, 6) is 0. The molecule has 1 aromatic heterocycles. The molecule has 23 heavy (non-hydrogen) atoms. The maximum Gasteiger partial charge on any atom is 0.472 e. The normalized spacial score (nSPS) is 23.6. The van der Waals surface area contributed by atoms with Crippen LogP contribution in [0.4, 0.5) is 0 Å².